The van der Waals surface area contributed by atoms with Crippen molar-refractivity contribution in [1.82, 2.24) is 0 Å². The molecule has 4 nitrogen and oxygen atoms in total. The molecule has 0 spiro atoms. The van der Waals surface area contributed by atoms with Gasteiger partial charge in [0, 0.05) is 0 Å². The molecule has 0 saturated heterocycles. The highest BCUT2D eigenvalue weighted by atomic mass is 28.4. The summed E-state index contributed by atoms with van der Waals surface area (Å²) in [6, 6.07) is 0. The van der Waals surface area contributed by atoms with Gasteiger partial charge >= 0.3 is 5.97 Å². The van der Waals surface area contributed by atoms with Crippen molar-refractivity contribution < 1.29 is 18.7 Å². The van der Waals surface area contributed by atoms with Gasteiger partial charge in [0.25, 0.3) is 0 Å². The molecule has 0 aliphatic heterocycles. The molecule has 1 unspecified atom stereocenters. The standard InChI is InChI=1S/C28H52O4Si/c1-19(2)25-15-14-24(11)18-26(25)32-28(29)27(20(3)4)30-16-12-13-17-31-33(21(5)6,22(7)8)23(9)10/h12-13,19,21-27H,3,14-18H2,1-2,4-11H3/b13-12-/t24-,25+,26-,27?/m1/s1. The second-order valence-electron chi connectivity index (χ2n) is 11.5. The second kappa shape index (κ2) is 13.8. The molecule has 0 N–H and O–H groups in total. The van der Waals surface area contributed by atoms with Crippen LogP contribution in [0.1, 0.15) is 88.5 Å². The average Bonchev–Trinajstić information content (AvgIpc) is 2.68. The van der Waals surface area contributed by atoms with Crippen LogP contribution in [0.4, 0.5) is 0 Å². The lowest BCUT2D eigenvalue weighted by Gasteiger charge is -2.41. The van der Waals surface area contributed by atoms with Crippen molar-refractivity contribution in [1.29, 1.82) is 0 Å². The average molecular weight is 481 g/mol. The van der Waals surface area contributed by atoms with Crippen LogP contribution in [0.5, 0.6) is 0 Å². The minimum atomic E-state index is -1.87. The Bertz CT molecular complexity index is 616. The molecule has 0 radical (unpaired) electrons. The Hall–Kier alpha value is -0.913. The molecule has 0 amide bonds. The van der Waals surface area contributed by atoms with Gasteiger partial charge in [-0.1, -0.05) is 87.5 Å². The zero-order chi connectivity index (χ0) is 25.3. The van der Waals surface area contributed by atoms with E-state index in [0.717, 1.165) is 12.8 Å². The maximum Gasteiger partial charge on any atom is 0.339 e. The van der Waals surface area contributed by atoms with E-state index in [1.54, 1.807) is 0 Å². The Morgan fingerprint density at radius 1 is 0.970 bits per heavy atom. The number of hydrogen-bond acceptors (Lipinski definition) is 4. The van der Waals surface area contributed by atoms with Crippen LogP contribution in [0.25, 0.3) is 0 Å². The molecule has 0 heterocycles. The quantitative estimate of drug-likeness (QED) is 0.154. The highest BCUT2D eigenvalue weighted by molar-refractivity contribution is 6.77. The van der Waals surface area contributed by atoms with E-state index in [9.17, 15) is 4.79 Å². The number of ether oxygens (including phenoxy) is 2. The summed E-state index contributed by atoms with van der Waals surface area (Å²) in [5, 5.41) is 0. The first-order valence-electron chi connectivity index (χ1n) is 13.1. The van der Waals surface area contributed by atoms with Gasteiger partial charge in [-0.3, -0.25) is 0 Å². The summed E-state index contributed by atoms with van der Waals surface area (Å²) in [7, 11) is -1.87. The number of carbonyl (C=O) groups is 1. The Kier molecular flexibility index (Phi) is 12.6. The Balaban J connectivity index is 2.66. The molecular formula is C28H52O4Si. The maximum absolute atomic E-state index is 13.0. The summed E-state index contributed by atoms with van der Waals surface area (Å²) < 4.78 is 18.4. The zero-order valence-electron chi connectivity index (χ0n) is 23.1. The fraction of sp³-hybridized carbons (Fsp3) is 0.821. The molecule has 1 aliphatic rings. The monoisotopic (exact) mass is 480 g/mol. The third-order valence-electron chi connectivity index (χ3n) is 7.55. The third-order valence-corrected chi connectivity index (χ3v) is 13.6. The van der Waals surface area contributed by atoms with Gasteiger partial charge in [-0.05, 0) is 59.7 Å². The van der Waals surface area contributed by atoms with E-state index in [1.165, 1.54) is 6.42 Å². The van der Waals surface area contributed by atoms with Crippen molar-refractivity contribution in [2.75, 3.05) is 13.2 Å². The molecule has 33 heavy (non-hydrogen) atoms. The van der Waals surface area contributed by atoms with Gasteiger partial charge in [-0.2, -0.15) is 0 Å². The lowest BCUT2D eigenvalue weighted by molar-refractivity contribution is -0.166. The SMILES string of the molecule is C=C(C)C(OC/C=C\CO[Si](C(C)C)(C(C)C)C(C)C)C(=O)O[C@@H]1C[C@H](C)CC[C@H]1C(C)C. The topological polar surface area (TPSA) is 44.8 Å². The van der Waals surface area contributed by atoms with Gasteiger partial charge in [0.05, 0.1) is 13.2 Å². The molecular weight excluding hydrogens is 428 g/mol. The van der Waals surface area contributed by atoms with E-state index < -0.39 is 14.4 Å². The van der Waals surface area contributed by atoms with Gasteiger partial charge in [0.1, 0.15) is 6.10 Å². The fourth-order valence-electron chi connectivity index (χ4n) is 5.85. The molecule has 1 saturated carbocycles. The van der Waals surface area contributed by atoms with Crippen molar-refractivity contribution in [2.24, 2.45) is 17.8 Å². The lowest BCUT2D eigenvalue weighted by Crippen LogP contribution is -2.47. The lowest BCUT2D eigenvalue weighted by atomic mass is 9.75. The minimum Gasteiger partial charge on any atom is -0.460 e. The number of rotatable bonds is 13. The smallest absolute Gasteiger partial charge is 0.339 e. The van der Waals surface area contributed by atoms with E-state index in [-0.39, 0.29) is 12.1 Å². The second-order valence-corrected chi connectivity index (χ2v) is 16.9. The molecule has 5 heteroatoms. The van der Waals surface area contributed by atoms with Crippen LogP contribution in [0.3, 0.4) is 0 Å². The summed E-state index contributed by atoms with van der Waals surface area (Å²) in [6.07, 6.45) is 6.47. The summed E-state index contributed by atoms with van der Waals surface area (Å²) in [6.45, 7) is 27.2. The van der Waals surface area contributed by atoms with Gasteiger partial charge in [0.15, 0.2) is 6.10 Å². The van der Waals surface area contributed by atoms with Crippen molar-refractivity contribution in [3.63, 3.8) is 0 Å². The first kappa shape index (κ1) is 30.1. The predicted molar refractivity (Wildman–Crippen MR) is 142 cm³/mol. The molecule has 0 aromatic rings. The highest BCUT2D eigenvalue weighted by Crippen LogP contribution is 2.42. The van der Waals surface area contributed by atoms with Crippen molar-refractivity contribution >= 4 is 14.3 Å². The minimum absolute atomic E-state index is 0.0307. The van der Waals surface area contributed by atoms with E-state index in [1.807, 2.05) is 19.1 Å². The Morgan fingerprint density at radius 3 is 2.00 bits per heavy atom. The van der Waals surface area contributed by atoms with Crippen molar-refractivity contribution in [3.05, 3.63) is 24.3 Å². The molecule has 4 atom stereocenters. The highest BCUT2D eigenvalue weighted by Gasteiger charge is 2.44. The van der Waals surface area contributed by atoms with E-state index in [2.05, 4.69) is 68.9 Å². The summed E-state index contributed by atoms with van der Waals surface area (Å²) in [5.41, 5.74) is 2.35. The molecule has 1 rings (SSSR count). The van der Waals surface area contributed by atoms with E-state index in [0.29, 0.717) is 53.2 Å². The molecule has 0 aromatic carbocycles. The van der Waals surface area contributed by atoms with Gasteiger partial charge < -0.3 is 13.9 Å². The van der Waals surface area contributed by atoms with Gasteiger partial charge in [0.2, 0.25) is 8.32 Å². The molecule has 0 bridgehead atoms. The largest absolute Gasteiger partial charge is 0.460 e. The molecule has 1 aliphatic carbocycles. The Morgan fingerprint density at radius 2 is 1.52 bits per heavy atom. The summed E-state index contributed by atoms with van der Waals surface area (Å²) >= 11 is 0. The number of hydrogen-bond donors (Lipinski definition) is 0. The van der Waals surface area contributed by atoms with Crippen molar-refractivity contribution in [2.45, 2.75) is 117 Å². The maximum atomic E-state index is 13.0. The van der Waals surface area contributed by atoms with Crippen molar-refractivity contribution in [3.8, 4) is 0 Å². The van der Waals surface area contributed by atoms with Gasteiger partial charge in [-0.15, -0.1) is 0 Å². The number of esters is 1. The van der Waals surface area contributed by atoms with E-state index in [4.69, 9.17) is 13.9 Å². The van der Waals surface area contributed by atoms with Crippen LogP contribution in [0, 0.1) is 17.8 Å². The third kappa shape index (κ3) is 8.36. The summed E-state index contributed by atoms with van der Waals surface area (Å²) in [5.74, 6) is 1.20. The van der Waals surface area contributed by atoms with Gasteiger partial charge in [-0.25, -0.2) is 4.79 Å². The Labute approximate surface area is 205 Å². The molecule has 0 aromatic heterocycles. The van der Waals surface area contributed by atoms with Crippen LogP contribution in [0.15, 0.2) is 24.3 Å². The molecule has 1 fully saturated rings. The van der Waals surface area contributed by atoms with Crippen LogP contribution in [0.2, 0.25) is 16.6 Å². The van der Waals surface area contributed by atoms with Crippen LogP contribution in [-0.2, 0) is 18.7 Å². The number of carbonyl (C=O) groups excluding carboxylic acids is 1. The fourth-order valence-corrected chi connectivity index (χ4v) is 11.2. The first-order valence-corrected chi connectivity index (χ1v) is 15.2. The van der Waals surface area contributed by atoms with Crippen LogP contribution >= 0.6 is 0 Å². The van der Waals surface area contributed by atoms with Crippen LogP contribution in [-0.4, -0.2) is 39.7 Å². The summed E-state index contributed by atoms with van der Waals surface area (Å²) in [4.78, 5) is 13.0. The zero-order valence-corrected chi connectivity index (χ0v) is 24.1. The predicted octanol–water partition coefficient (Wildman–Crippen LogP) is 7.70. The van der Waals surface area contributed by atoms with E-state index >= 15 is 0 Å². The first-order chi connectivity index (χ1) is 15.3. The normalized spacial score (nSPS) is 23.2. The van der Waals surface area contributed by atoms with Crippen LogP contribution < -0.4 is 0 Å². The molecule has 192 valence electrons.